The van der Waals surface area contributed by atoms with E-state index in [0.29, 0.717) is 19.4 Å². The van der Waals surface area contributed by atoms with Crippen molar-refractivity contribution >= 4 is 22.6 Å². The van der Waals surface area contributed by atoms with Gasteiger partial charge in [-0.15, -0.1) is 0 Å². The average molecular weight is 459 g/mol. The molecule has 1 fully saturated rings. The SMILES string of the molecule is COc1ccc(CN(C(=O)CCc2cccc3ccccc23)C(C)C(=O)NC2CCCC2)cc1. The molecule has 0 spiro atoms. The lowest BCUT2D eigenvalue weighted by Crippen LogP contribution is -2.49. The third-order valence-corrected chi connectivity index (χ3v) is 6.87. The van der Waals surface area contributed by atoms with Crippen LogP contribution in [0.4, 0.5) is 0 Å². The van der Waals surface area contributed by atoms with Gasteiger partial charge >= 0.3 is 0 Å². The largest absolute Gasteiger partial charge is 0.497 e. The van der Waals surface area contributed by atoms with Crippen LogP contribution in [0.3, 0.4) is 0 Å². The highest BCUT2D eigenvalue weighted by atomic mass is 16.5. The summed E-state index contributed by atoms with van der Waals surface area (Å²) >= 11 is 0. The zero-order valence-corrected chi connectivity index (χ0v) is 20.1. The van der Waals surface area contributed by atoms with Gasteiger partial charge in [0.25, 0.3) is 0 Å². The van der Waals surface area contributed by atoms with Gasteiger partial charge in [0.1, 0.15) is 11.8 Å². The molecule has 4 rings (SSSR count). The average Bonchev–Trinajstić information content (AvgIpc) is 3.38. The van der Waals surface area contributed by atoms with Crippen LogP contribution in [0.2, 0.25) is 0 Å². The van der Waals surface area contributed by atoms with Gasteiger partial charge in [0.2, 0.25) is 11.8 Å². The molecular weight excluding hydrogens is 424 g/mol. The summed E-state index contributed by atoms with van der Waals surface area (Å²) in [5.74, 6) is 0.682. The van der Waals surface area contributed by atoms with Crippen molar-refractivity contribution in [1.82, 2.24) is 10.2 Å². The van der Waals surface area contributed by atoms with Gasteiger partial charge in [-0.25, -0.2) is 0 Å². The number of carbonyl (C=O) groups is 2. The first-order chi connectivity index (χ1) is 16.5. The molecule has 3 aromatic rings. The van der Waals surface area contributed by atoms with Crippen LogP contribution >= 0.6 is 0 Å². The second kappa shape index (κ2) is 11.2. The fourth-order valence-electron chi connectivity index (χ4n) is 4.80. The second-order valence-electron chi connectivity index (χ2n) is 9.17. The normalized spacial score (nSPS) is 14.6. The number of amides is 2. The molecule has 1 saturated carbocycles. The van der Waals surface area contributed by atoms with Crippen LogP contribution in [0.15, 0.2) is 66.7 Å². The van der Waals surface area contributed by atoms with Gasteiger partial charge < -0.3 is 15.0 Å². The van der Waals surface area contributed by atoms with Crippen LogP contribution in [0.25, 0.3) is 10.8 Å². The Morgan fingerprint density at radius 1 is 1.00 bits per heavy atom. The van der Waals surface area contributed by atoms with E-state index in [2.05, 4.69) is 29.6 Å². The van der Waals surface area contributed by atoms with E-state index in [4.69, 9.17) is 4.74 Å². The van der Waals surface area contributed by atoms with Crippen molar-refractivity contribution in [2.24, 2.45) is 0 Å². The Labute approximate surface area is 202 Å². The molecule has 2 amide bonds. The number of aryl methyl sites for hydroxylation is 1. The Hall–Kier alpha value is -3.34. The third-order valence-electron chi connectivity index (χ3n) is 6.87. The summed E-state index contributed by atoms with van der Waals surface area (Å²) in [4.78, 5) is 28.3. The molecule has 5 nitrogen and oxygen atoms in total. The van der Waals surface area contributed by atoms with E-state index < -0.39 is 6.04 Å². The Morgan fingerprint density at radius 3 is 2.44 bits per heavy atom. The molecule has 178 valence electrons. The van der Waals surface area contributed by atoms with Gasteiger partial charge in [-0.2, -0.15) is 0 Å². The summed E-state index contributed by atoms with van der Waals surface area (Å²) < 4.78 is 5.26. The van der Waals surface area contributed by atoms with Crippen LogP contribution in [-0.2, 0) is 22.6 Å². The molecular formula is C29H34N2O3. The minimum absolute atomic E-state index is 0.0159. The minimum atomic E-state index is -0.539. The van der Waals surface area contributed by atoms with Crippen LogP contribution in [0, 0.1) is 0 Å². The Bertz CT molecular complexity index is 1110. The van der Waals surface area contributed by atoms with Crippen molar-refractivity contribution < 1.29 is 14.3 Å². The molecule has 5 heteroatoms. The lowest BCUT2D eigenvalue weighted by Gasteiger charge is -2.30. The number of nitrogens with one attached hydrogen (secondary N) is 1. The summed E-state index contributed by atoms with van der Waals surface area (Å²) in [7, 11) is 1.63. The van der Waals surface area contributed by atoms with E-state index in [9.17, 15) is 9.59 Å². The number of methoxy groups -OCH3 is 1. The van der Waals surface area contributed by atoms with Gasteiger partial charge in [-0.1, -0.05) is 67.4 Å². The molecule has 34 heavy (non-hydrogen) atoms. The smallest absolute Gasteiger partial charge is 0.242 e. The molecule has 1 atom stereocenters. The van der Waals surface area contributed by atoms with Crippen LogP contribution in [0.5, 0.6) is 5.75 Å². The summed E-state index contributed by atoms with van der Waals surface area (Å²) in [5.41, 5.74) is 2.12. The number of benzene rings is 3. The number of hydrogen-bond donors (Lipinski definition) is 1. The lowest BCUT2D eigenvalue weighted by atomic mass is 10.0. The van der Waals surface area contributed by atoms with E-state index >= 15 is 0 Å². The van der Waals surface area contributed by atoms with Crippen molar-refractivity contribution in [3.63, 3.8) is 0 Å². The van der Waals surface area contributed by atoms with E-state index in [1.165, 1.54) is 10.8 Å². The van der Waals surface area contributed by atoms with Gasteiger partial charge in [0.05, 0.1) is 7.11 Å². The van der Waals surface area contributed by atoms with Crippen LogP contribution in [0.1, 0.15) is 50.2 Å². The van der Waals surface area contributed by atoms with E-state index in [0.717, 1.165) is 42.6 Å². The first kappa shape index (κ1) is 23.8. The zero-order valence-electron chi connectivity index (χ0n) is 20.1. The monoisotopic (exact) mass is 458 g/mol. The van der Waals surface area contributed by atoms with Crippen molar-refractivity contribution in [3.8, 4) is 5.75 Å². The predicted octanol–water partition coefficient (Wildman–Crippen LogP) is 5.26. The molecule has 3 aromatic carbocycles. The van der Waals surface area contributed by atoms with Gasteiger partial charge in [0.15, 0.2) is 0 Å². The standard InChI is InChI=1S/C29H34N2O3/c1-21(29(33)30-25-11-4-5-12-25)31(20-22-14-17-26(34-2)18-15-22)28(32)19-16-24-10-7-9-23-8-3-6-13-27(23)24/h3,6-10,13-15,17-18,21,25H,4-5,11-12,16,19-20H2,1-2H3,(H,30,33). The zero-order chi connectivity index (χ0) is 23.9. The number of carbonyl (C=O) groups excluding carboxylic acids is 2. The van der Waals surface area contributed by atoms with E-state index in [-0.39, 0.29) is 17.9 Å². The van der Waals surface area contributed by atoms with Gasteiger partial charge in [-0.05, 0) is 60.2 Å². The number of ether oxygens (including phenoxy) is 1. The summed E-state index contributed by atoms with van der Waals surface area (Å²) in [6, 6.07) is 21.8. The van der Waals surface area contributed by atoms with Crippen molar-refractivity contribution in [1.29, 1.82) is 0 Å². The first-order valence-electron chi connectivity index (χ1n) is 12.2. The third kappa shape index (κ3) is 5.77. The highest BCUT2D eigenvalue weighted by Crippen LogP contribution is 2.22. The quantitative estimate of drug-likeness (QED) is 0.476. The van der Waals surface area contributed by atoms with Crippen molar-refractivity contribution in [3.05, 3.63) is 77.9 Å². The molecule has 0 aromatic heterocycles. The predicted molar refractivity (Wildman–Crippen MR) is 136 cm³/mol. The fraction of sp³-hybridized carbons (Fsp3) is 0.379. The molecule has 1 aliphatic rings. The number of nitrogens with zero attached hydrogens (tertiary/aromatic N) is 1. The van der Waals surface area contributed by atoms with Crippen LogP contribution < -0.4 is 10.1 Å². The summed E-state index contributed by atoms with van der Waals surface area (Å²) in [6.45, 7) is 2.22. The Morgan fingerprint density at radius 2 is 1.71 bits per heavy atom. The topological polar surface area (TPSA) is 58.6 Å². The highest BCUT2D eigenvalue weighted by molar-refractivity contribution is 5.89. The van der Waals surface area contributed by atoms with Crippen molar-refractivity contribution in [2.45, 2.75) is 64.1 Å². The highest BCUT2D eigenvalue weighted by Gasteiger charge is 2.28. The summed E-state index contributed by atoms with van der Waals surface area (Å²) in [6.07, 6.45) is 5.33. The molecule has 0 aliphatic heterocycles. The molecule has 0 heterocycles. The molecule has 1 unspecified atom stereocenters. The second-order valence-corrected chi connectivity index (χ2v) is 9.17. The van der Waals surface area contributed by atoms with Gasteiger partial charge in [-0.3, -0.25) is 9.59 Å². The molecule has 0 radical (unpaired) electrons. The lowest BCUT2D eigenvalue weighted by molar-refractivity contribution is -0.140. The van der Waals surface area contributed by atoms with Crippen LogP contribution in [-0.4, -0.2) is 35.9 Å². The molecule has 0 bridgehead atoms. The number of rotatable bonds is 9. The molecule has 0 saturated heterocycles. The number of fused-ring (bicyclic) bond motifs is 1. The maximum Gasteiger partial charge on any atom is 0.242 e. The Balaban J connectivity index is 1.50. The van der Waals surface area contributed by atoms with Gasteiger partial charge in [0, 0.05) is 19.0 Å². The molecule has 1 N–H and O–H groups in total. The first-order valence-corrected chi connectivity index (χ1v) is 12.2. The Kier molecular flexibility index (Phi) is 7.84. The maximum atomic E-state index is 13.5. The van der Waals surface area contributed by atoms with E-state index in [1.54, 1.807) is 12.0 Å². The maximum absolute atomic E-state index is 13.5. The summed E-state index contributed by atoms with van der Waals surface area (Å²) in [5, 5.41) is 5.51. The molecule has 1 aliphatic carbocycles. The fourth-order valence-corrected chi connectivity index (χ4v) is 4.80. The number of hydrogen-bond acceptors (Lipinski definition) is 3. The van der Waals surface area contributed by atoms with E-state index in [1.807, 2.05) is 49.4 Å². The van der Waals surface area contributed by atoms with Crippen molar-refractivity contribution in [2.75, 3.05) is 7.11 Å². The minimum Gasteiger partial charge on any atom is -0.497 e.